The van der Waals surface area contributed by atoms with Gasteiger partial charge in [0.05, 0.1) is 28.2 Å². The minimum Gasteiger partial charge on any atom is -0.396 e. The normalized spacial score (nSPS) is 13.6. The fourth-order valence-corrected chi connectivity index (χ4v) is 6.15. The molecule has 0 saturated carbocycles. The zero-order valence-electron chi connectivity index (χ0n) is 28.1. The first-order valence-electron chi connectivity index (χ1n) is 16.5. The number of pyridine rings is 1. The summed E-state index contributed by atoms with van der Waals surface area (Å²) in [7, 11) is 0. The molecule has 48 heavy (non-hydrogen) atoms. The number of hydrazine groups is 1. The highest BCUT2D eigenvalue weighted by Crippen LogP contribution is 2.33. The zero-order chi connectivity index (χ0) is 34.6. The number of hydrogen-bond donors (Lipinski definition) is 7. The molecule has 1 aromatic heterocycles. The van der Waals surface area contributed by atoms with Crippen molar-refractivity contribution in [1.29, 1.82) is 0 Å². The summed E-state index contributed by atoms with van der Waals surface area (Å²) in [5, 5.41) is 25.7. The smallest absolute Gasteiger partial charge is 0.168 e. The van der Waals surface area contributed by atoms with E-state index in [1.807, 2.05) is 38.1 Å². The van der Waals surface area contributed by atoms with Gasteiger partial charge in [0.15, 0.2) is 5.82 Å². The van der Waals surface area contributed by atoms with E-state index in [0.29, 0.717) is 28.1 Å². The molecule has 0 radical (unpaired) electrons. The molecule has 256 valence electrons. The maximum atomic E-state index is 9.67. The highest BCUT2D eigenvalue weighted by atomic mass is 35.5. The van der Waals surface area contributed by atoms with Crippen LogP contribution in [0.4, 0.5) is 17.2 Å². The first-order valence-corrected chi connectivity index (χ1v) is 16.8. The monoisotopic (exact) mass is 672 g/mol. The molecule has 0 spiro atoms. The van der Waals surface area contributed by atoms with E-state index in [0.717, 1.165) is 79.9 Å². The standard InChI is InChI=1S/C38H47ClN6O.H2O2/c1-5-33(46)7-6-18-41-21-28-23-45(24-28)22-27-9-11-29(12-10-27)30-13-15-31(16-14-30)37-35(39)20-36(40)38(42-37)44-43-32-17-8-26(4)34(19-32)25(2)3;1-2/h8-17,19-20,28,33,41,43,46H,2,5-7,18,21-24,40H2,1,3-4H3,(H,42,44);1-2H. The van der Waals surface area contributed by atoms with E-state index in [2.05, 4.69) is 77.0 Å². The first kappa shape index (κ1) is 36.9. The van der Waals surface area contributed by atoms with Crippen LogP contribution in [0, 0.1) is 12.8 Å². The molecule has 0 bridgehead atoms. The highest BCUT2D eigenvalue weighted by molar-refractivity contribution is 6.33. The molecule has 2 heterocycles. The van der Waals surface area contributed by atoms with Crippen molar-refractivity contribution in [2.24, 2.45) is 5.92 Å². The van der Waals surface area contributed by atoms with E-state index >= 15 is 0 Å². The first-order chi connectivity index (χ1) is 23.2. The van der Waals surface area contributed by atoms with Crippen molar-refractivity contribution in [2.75, 3.05) is 42.8 Å². The Hall–Kier alpha value is -3.96. The Morgan fingerprint density at radius 1 is 1.00 bits per heavy atom. The molecule has 0 aliphatic carbocycles. The third-order valence-electron chi connectivity index (χ3n) is 8.71. The van der Waals surface area contributed by atoms with E-state index in [4.69, 9.17) is 32.8 Å². The maximum Gasteiger partial charge on any atom is 0.168 e. The quantitative estimate of drug-likeness (QED) is 0.0380. The lowest BCUT2D eigenvalue weighted by Gasteiger charge is -2.39. The number of aliphatic hydroxyl groups is 1. The van der Waals surface area contributed by atoms with Crippen molar-refractivity contribution < 1.29 is 15.6 Å². The highest BCUT2D eigenvalue weighted by Gasteiger charge is 2.26. The molecular weight excluding hydrogens is 624 g/mol. The largest absolute Gasteiger partial charge is 0.396 e. The lowest BCUT2D eigenvalue weighted by molar-refractivity contribution is -0.176. The molecule has 0 amide bonds. The predicted molar refractivity (Wildman–Crippen MR) is 200 cm³/mol. The van der Waals surface area contributed by atoms with Crippen molar-refractivity contribution in [1.82, 2.24) is 15.2 Å². The topological polar surface area (TPSA) is 139 Å². The minimum absolute atomic E-state index is 0.154. The number of aryl methyl sites for hydroxylation is 1. The van der Waals surface area contributed by atoms with Gasteiger partial charge in [0.2, 0.25) is 0 Å². The summed E-state index contributed by atoms with van der Waals surface area (Å²) >= 11 is 6.60. The van der Waals surface area contributed by atoms with Crippen molar-refractivity contribution in [3.8, 4) is 22.4 Å². The van der Waals surface area contributed by atoms with Crippen LogP contribution in [0.5, 0.6) is 0 Å². The number of anilines is 3. The number of nitrogens with one attached hydrogen (secondary N) is 3. The fourth-order valence-electron chi connectivity index (χ4n) is 5.89. The number of allylic oxidation sites excluding steroid dienone is 1. The van der Waals surface area contributed by atoms with Gasteiger partial charge >= 0.3 is 0 Å². The number of nitrogen functional groups attached to an aromatic ring is 1. The number of halogens is 1. The predicted octanol–water partition coefficient (Wildman–Crippen LogP) is 8.02. The molecule has 1 unspecified atom stereocenters. The van der Waals surface area contributed by atoms with Crippen LogP contribution in [0.25, 0.3) is 28.0 Å². The molecule has 3 aromatic carbocycles. The van der Waals surface area contributed by atoms with Gasteiger partial charge in [0.25, 0.3) is 0 Å². The van der Waals surface area contributed by atoms with Crippen LogP contribution in [0.3, 0.4) is 0 Å². The van der Waals surface area contributed by atoms with Gasteiger partial charge in [-0.15, -0.1) is 0 Å². The van der Waals surface area contributed by atoms with Crippen LogP contribution in [0.15, 0.2) is 79.4 Å². The van der Waals surface area contributed by atoms with E-state index in [1.54, 1.807) is 6.07 Å². The number of likely N-dealkylation sites (tertiary alicyclic amines) is 1. The lowest BCUT2D eigenvalue weighted by atomic mass is 9.98. The van der Waals surface area contributed by atoms with Crippen LogP contribution < -0.4 is 21.9 Å². The van der Waals surface area contributed by atoms with Crippen molar-refractivity contribution in [3.63, 3.8) is 0 Å². The van der Waals surface area contributed by atoms with E-state index in [9.17, 15) is 5.11 Å². The second kappa shape index (κ2) is 18.0. The van der Waals surface area contributed by atoms with Gasteiger partial charge in [-0.2, -0.15) is 0 Å². The number of aliphatic hydroxyl groups excluding tert-OH is 1. The summed E-state index contributed by atoms with van der Waals surface area (Å²) in [6.45, 7) is 15.5. The van der Waals surface area contributed by atoms with Crippen molar-refractivity contribution in [3.05, 3.63) is 101 Å². The number of nitrogens with zero attached hydrogens (tertiary/aromatic N) is 2. The van der Waals surface area contributed by atoms with Crippen molar-refractivity contribution in [2.45, 2.75) is 52.7 Å². The molecule has 5 rings (SSSR count). The van der Waals surface area contributed by atoms with Gasteiger partial charge < -0.3 is 16.2 Å². The molecule has 10 heteroatoms. The van der Waals surface area contributed by atoms with E-state index < -0.39 is 0 Å². The molecule has 1 aliphatic heterocycles. The Morgan fingerprint density at radius 3 is 2.29 bits per heavy atom. The average molecular weight is 673 g/mol. The number of rotatable bonds is 15. The Balaban J connectivity index is 0.00000255. The van der Waals surface area contributed by atoms with Gasteiger partial charge in [-0.1, -0.05) is 85.3 Å². The summed E-state index contributed by atoms with van der Waals surface area (Å²) in [5.41, 5.74) is 22.4. The van der Waals surface area contributed by atoms with Crippen LogP contribution in [-0.2, 0) is 6.54 Å². The van der Waals surface area contributed by atoms with E-state index in [1.165, 1.54) is 16.7 Å². The second-order valence-electron chi connectivity index (χ2n) is 12.6. The molecule has 4 aromatic rings. The number of hydrogen-bond acceptors (Lipinski definition) is 9. The minimum atomic E-state index is -0.154. The number of aromatic nitrogens is 1. The molecule has 9 nitrogen and oxygen atoms in total. The molecule has 1 atom stereocenters. The summed E-state index contributed by atoms with van der Waals surface area (Å²) < 4.78 is 0. The van der Waals surface area contributed by atoms with Gasteiger partial charge in [-0.05, 0) is 91.6 Å². The Labute approximate surface area is 289 Å². The molecule has 1 fully saturated rings. The fraction of sp³-hybridized carbons (Fsp3) is 0.342. The average Bonchev–Trinajstić information content (AvgIpc) is 3.08. The Bertz CT molecular complexity index is 1630. The van der Waals surface area contributed by atoms with Gasteiger partial charge in [0, 0.05) is 31.7 Å². The Kier molecular flexibility index (Phi) is 13.8. The van der Waals surface area contributed by atoms with Gasteiger partial charge in [0.1, 0.15) is 0 Å². The maximum absolute atomic E-state index is 9.67. The van der Waals surface area contributed by atoms with Crippen LogP contribution >= 0.6 is 11.6 Å². The lowest BCUT2D eigenvalue weighted by Crippen LogP contribution is -2.50. The van der Waals surface area contributed by atoms with Crippen LogP contribution in [0.1, 0.15) is 49.8 Å². The Morgan fingerprint density at radius 2 is 1.65 bits per heavy atom. The summed E-state index contributed by atoms with van der Waals surface area (Å²) in [6, 6.07) is 25.0. The summed E-state index contributed by atoms with van der Waals surface area (Å²) in [6.07, 6.45) is 2.61. The molecule has 1 aliphatic rings. The molecule has 8 N–H and O–H groups in total. The van der Waals surface area contributed by atoms with E-state index in [-0.39, 0.29) is 6.10 Å². The number of nitrogens with two attached hydrogens (primary N) is 1. The third kappa shape index (κ3) is 10.0. The van der Waals surface area contributed by atoms with Crippen LogP contribution in [0.2, 0.25) is 5.02 Å². The second-order valence-corrected chi connectivity index (χ2v) is 13.0. The van der Waals surface area contributed by atoms with Gasteiger partial charge in [-0.25, -0.2) is 4.98 Å². The summed E-state index contributed by atoms with van der Waals surface area (Å²) in [4.78, 5) is 7.26. The molecular formula is C38H49ClN6O3. The van der Waals surface area contributed by atoms with Crippen molar-refractivity contribution >= 4 is 34.4 Å². The summed E-state index contributed by atoms with van der Waals surface area (Å²) in [5.74, 6) is 1.22. The third-order valence-corrected chi connectivity index (χ3v) is 9.00. The zero-order valence-corrected chi connectivity index (χ0v) is 28.9. The van der Waals surface area contributed by atoms with Gasteiger partial charge in [-0.3, -0.25) is 26.3 Å². The SMILES string of the molecule is C=C(C)c1cc(NNc2nc(-c3ccc(-c4ccc(CN5CC(CNCCCC(O)CC)C5)cc4)cc3)c(Cl)cc2N)ccc1C.OO. The number of benzene rings is 3. The molecule has 1 saturated heterocycles. The van der Waals surface area contributed by atoms with Crippen LogP contribution in [-0.4, -0.2) is 57.8 Å².